The normalized spacial score (nSPS) is 11.7. The molecule has 0 radical (unpaired) electrons. The van der Waals surface area contributed by atoms with Gasteiger partial charge in [0.25, 0.3) is 0 Å². The van der Waals surface area contributed by atoms with Crippen molar-refractivity contribution < 1.29 is 13.6 Å². The Bertz CT molecular complexity index is 580. The Kier molecular flexibility index (Phi) is 6.28. The number of unbranched alkanes of at least 4 members (excludes halogenated alkanes) is 2. The smallest absolute Gasteiger partial charge is 0.169 e. The molecule has 0 spiro atoms. The van der Waals surface area contributed by atoms with Crippen LogP contribution in [-0.2, 0) is 13.1 Å². The molecule has 0 atom stereocenters. The zero-order valence-electron chi connectivity index (χ0n) is 15.2. The topological polar surface area (TPSA) is 7.76 Å². The molecule has 2 aromatic heterocycles. The van der Waals surface area contributed by atoms with Crippen LogP contribution in [-0.4, -0.2) is 32.2 Å². The molecule has 3 heteroatoms. The van der Waals surface area contributed by atoms with Gasteiger partial charge in [-0.1, -0.05) is 0 Å². The van der Waals surface area contributed by atoms with Gasteiger partial charge in [0.05, 0.1) is 27.7 Å². The molecular weight excluding hydrogens is 282 g/mol. The van der Waals surface area contributed by atoms with Gasteiger partial charge in [0.2, 0.25) is 0 Å². The fourth-order valence-electron chi connectivity index (χ4n) is 2.72. The molecular formula is C20H32N3+3. The highest BCUT2D eigenvalue weighted by Gasteiger charge is 2.07. The second kappa shape index (κ2) is 8.21. The molecule has 0 aliphatic heterocycles. The van der Waals surface area contributed by atoms with Crippen molar-refractivity contribution in [1.29, 1.82) is 0 Å². The largest absolute Gasteiger partial charge is 0.331 e. The number of hydrogen-bond donors (Lipinski definition) is 0. The molecule has 124 valence electrons. The zero-order chi connectivity index (χ0) is 16.7. The predicted molar refractivity (Wildman–Crippen MR) is 94.7 cm³/mol. The maximum absolute atomic E-state index is 2.30. The first-order valence-corrected chi connectivity index (χ1v) is 8.77. The van der Waals surface area contributed by atoms with E-state index in [0.29, 0.717) is 0 Å². The number of aryl methyl sites for hydroxylation is 2. The average molecular weight is 314 g/mol. The Morgan fingerprint density at radius 2 is 1.26 bits per heavy atom. The Labute approximate surface area is 141 Å². The maximum Gasteiger partial charge on any atom is 0.169 e. The first-order valence-electron chi connectivity index (χ1n) is 8.77. The summed E-state index contributed by atoms with van der Waals surface area (Å²) in [5.74, 6) is 0. The average Bonchev–Trinajstić information content (AvgIpc) is 2.54. The molecule has 0 saturated heterocycles. The summed E-state index contributed by atoms with van der Waals surface area (Å²) in [6.45, 7) is 5.55. The summed E-state index contributed by atoms with van der Waals surface area (Å²) in [7, 11) is 6.79. The number of quaternary nitrogens is 1. The molecule has 0 N–H and O–H groups in total. The summed E-state index contributed by atoms with van der Waals surface area (Å²) in [6, 6.07) is 8.82. The summed E-state index contributed by atoms with van der Waals surface area (Å²) in [4.78, 5) is 0. The summed E-state index contributed by atoms with van der Waals surface area (Å²) >= 11 is 0. The van der Waals surface area contributed by atoms with E-state index in [9.17, 15) is 0 Å². The van der Waals surface area contributed by atoms with Gasteiger partial charge in [0.1, 0.15) is 13.1 Å². The third-order valence-electron chi connectivity index (χ3n) is 4.23. The standard InChI is InChI=1S/C20H32N3/c1-5-21-14-9-19(10-15-21)20-11-16-22(17-12-20)13-7-6-8-18-23(2,3)4/h9-12,14-17H,5-8,13,18H2,1-4H3/q+3. The Morgan fingerprint density at radius 1 is 0.739 bits per heavy atom. The van der Waals surface area contributed by atoms with E-state index in [0.717, 1.165) is 17.6 Å². The second-order valence-corrected chi connectivity index (χ2v) is 7.32. The van der Waals surface area contributed by atoms with Crippen molar-refractivity contribution in [2.45, 2.75) is 39.3 Å². The van der Waals surface area contributed by atoms with Crippen molar-refractivity contribution in [3.05, 3.63) is 49.1 Å². The van der Waals surface area contributed by atoms with Crippen LogP contribution < -0.4 is 9.13 Å². The van der Waals surface area contributed by atoms with Crippen molar-refractivity contribution in [3.8, 4) is 11.1 Å². The van der Waals surface area contributed by atoms with Gasteiger partial charge in [-0.2, -0.15) is 0 Å². The van der Waals surface area contributed by atoms with Gasteiger partial charge in [0, 0.05) is 30.7 Å². The third kappa shape index (κ3) is 6.11. The van der Waals surface area contributed by atoms with E-state index >= 15 is 0 Å². The first kappa shape index (κ1) is 17.6. The lowest BCUT2D eigenvalue weighted by Gasteiger charge is -2.23. The van der Waals surface area contributed by atoms with Gasteiger partial charge in [0.15, 0.2) is 24.8 Å². The van der Waals surface area contributed by atoms with Gasteiger partial charge in [-0.25, -0.2) is 9.13 Å². The number of aromatic nitrogens is 2. The van der Waals surface area contributed by atoms with E-state index in [1.54, 1.807) is 0 Å². The molecule has 0 amide bonds. The van der Waals surface area contributed by atoms with Crippen LogP contribution in [0.4, 0.5) is 0 Å². The van der Waals surface area contributed by atoms with E-state index in [2.05, 4.69) is 86.3 Å². The molecule has 2 aromatic rings. The van der Waals surface area contributed by atoms with E-state index in [1.807, 2.05) is 0 Å². The second-order valence-electron chi connectivity index (χ2n) is 7.32. The maximum atomic E-state index is 2.30. The minimum Gasteiger partial charge on any atom is -0.331 e. The van der Waals surface area contributed by atoms with Crippen LogP contribution in [0.2, 0.25) is 0 Å². The summed E-state index contributed by atoms with van der Waals surface area (Å²) in [5.41, 5.74) is 2.57. The highest BCUT2D eigenvalue weighted by Crippen LogP contribution is 2.15. The lowest BCUT2D eigenvalue weighted by atomic mass is 10.1. The molecule has 0 saturated carbocycles. The Hall–Kier alpha value is -1.74. The van der Waals surface area contributed by atoms with Crippen LogP contribution in [0.5, 0.6) is 0 Å². The molecule has 0 aliphatic carbocycles. The zero-order valence-corrected chi connectivity index (χ0v) is 15.2. The highest BCUT2D eigenvalue weighted by molar-refractivity contribution is 5.60. The van der Waals surface area contributed by atoms with Crippen LogP contribution in [0.25, 0.3) is 11.1 Å². The van der Waals surface area contributed by atoms with Crippen molar-refractivity contribution in [3.63, 3.8) is 0 Å². The van der Waals surface area contributed by atoms with Gasteiger partial charge >= 0.3 is 0 Å². The minimum absolute atomic E-state index is 1.02. The summed E-state index contributed by atoms with van der Waals surface area (Å²) in [6.07, 6.45) is 12.6. The van der Waals surface area contributed by atoms with Gasteiger partial charge in [-0.05, 0) is 30.9 Å². The van der Waals surface area contributed by atoms with Crippen LogP contribution in [0.15, 0.2) is 49.1 Å². The van der Waals surface area contributed by atoms with Gasteiger partial charge in [-0.3, -0.25) is 0 Å². The number of nitrogens with zero attached hydrogens (tertiary/aromatic N) is 3. The molecule has 0 fully saturated rings. The highest BCUT2D eigenvalue weighted by atomic mass is 15.3. The van der Waals surface area contributed by atoms with Crippen LogP contribution in [0.3, 0.4) is 0 Å². The molecule has 2 rings (SSSR count). The van der Waals surface area contributed by atoms with Crippen molar-refractivity contribution in [1.82, 2.24) is 0 Å². The van der Waals surface area contributed by atoms with E-state index < -0.39 is 0 Å². The fraction of sp³-hybridized carbons (Fsp3) is 0.500. The lowest BCUT2D eigenvalue weighted by Crippen LogP contribution is -2.35. The van der Waals surface area contributed by atoms with E-state index in [4.69, 9.17) is 0 Å². The quantitative estimate of drug-likeness (QED) is 0.402. The lowest BCUT2D eigenvalue weighted by molar-refractivity contribution is -0.870. The SMILES string of the molecule is CC[n+]1ccc(-c2cc[n+](CCCCC[N+](C)(C)C)cc2)cc1. The number of hydrogen-bond acceptors (Lipinski definition) is 0. The van der Waals surface area contributed by atoms with Crippen molar-refractivity contribution in [2.75, 3.05) is 27.7 Å². The van der Waals surface area contributed by atoms with Crippen LogP contribution in [0, 0.1) is 0 Å². The van der Waals surface area contributed by atoms with E-state index in [1.165, 1.54) is 36.9 Å². The van der Waals surface area contributed by atoms with Gasteiger partial charge < -0.3 is 4.48 Å². The van der Waals surface area contributed by atoms with Crippen LogP contribution in [0.1, 0.15) is 26.2 Å². The molecule has 0 aliphatic rings. The molecule has 0 unspecified atom stereocenters. The van der Waals surface area contributed by atoms with E-state index in [-0.39, 0.29) is 0 Å². The molecule has 3 nitrogen and oxygen atoms in total. The summed E-state index contributed by atoms with van der Waals surface area (Å²) in [5, 5.41) is 0. The Balaban J connectivity index is 1.82. The molecule has 23 heavy (non-hydrogen) atoms. The predicted octanol–water partition coefficient (Wildman–Crippen LogP) is 2.83. The molecule has 0 aromatic carbocycles. The number of pyridine rings is 2. The van der Waals surface area contributed by atoms with Gasteiger partial charge in [-0.15, -0.1) is 0 Å². The van der Waals surface area contributed by atoms with Crippen molar-refractivity contribution >= 4 is 0 Å². The monoisotopic (exact) mass is 314 g/mol. The number of rotatable bonds is 8. The van der Waals surface area contributed by atoms with Crippen LogP contribution >= 0.6 is 0 Å². The third-order valence-corrected chi connectivity index (χ3v) is 4.23. The van der Waals surface area contributed by atoms with Crippen molar-refractivity contribution in [2.24, 2.45) is 0 Å². The molecule has 2 heterocycles. The fourth-order valence-corrected chi connectivity index (χ4v) is 2.72. The Morgan fingerprint density at radius 3 is 1.74 bits per heavy atom. The summed E-state index contributed by atoms with van der Waals surface area (Å²) < 4.78 is 5.55. The first-order chi connectivity index (χ1) is 11.0. The minimum atomic E-state index is 1.02. The molecule has 0 bridgehead atoms.